The van der Waals surface area contributed by atoms with E-state index in [-0.39, 0.29) is 30.8 Å². The van der Waals surface area contributed by atoms with Crippen LogP contribution in [0.2, 0.25) is 0 Å². The highest BCUT2D eigenvalue weighted by atomic mass is 16.6. The summed E-state index contributed by atoms with van der Waals surface area (Å²) in [6.07, 6.45) is -3.15. The van der Waals surface area contributed by atoms with Crippen molar-refractivity contribution >= 4 is 5.78 Å². The molecule has 0 amide bonds. The van der Waals surface area contributed by atoms with Crippen LogP contribution in [0.1, 0.15) is 33.6 Å². The summed E-state index contributed by atoms with van der Waals surface area (Å²) in [5, 5.41) is 40.5. The van der Waals surface area contributed by atoms with E-state index in [9.17, 15) is 20.1 Å². The lowest BCUT2D eigenvalue weighted by atomic mass is 10.1. The van der Waals surface area contributed by atoms with Crippen LogP contribution in [0.5, 0.6) is 0 Å². The first-order valence-corrected chi connectivity index (χ1v) is 12.8. The summed E-state index contributed by atoms with van der Waals surface area (Å²) in [4.78, 5) is 10.7. The number of ketones is 1. The van der Waals surface area contributed by atoms with Gasteiger partial charge in [-0.05, 0) is 13.3 Å². The molecule has 13 nitrogen and oxygen atoms in total. The monoisotopic (exact) mass is 547 g/mol. The van der Waals surface area contributed by atoms with Gasteiger partial charge in [-0.25, -0.2) is 0 Å². The van der Waals surface area contributed by atoms with Crippen molar-refractivity contribution in [3.8, 4) is 0 Å². The van der Waals surface area contributed by atoms with Crippen LogP contribution in [0.15, 0.2) is 0 Å². The van der Waals surface area contributed by atoms with Gasteiger partial charge in [-0.15, -0.1) is 0 Å². The number of hydrogen-bond donors (Lipinski definition) is 5. The molecule has 37 heavy (non-hydrogen) atoms. The Hall–Kier alpha value is -0.810. The molecule has 0 aromatic heterocycles. The SMILES string of the molecule is CC.CC(=O)CCOCCOCCOCCOCCOCCOCCNCC(O)C(O)C(O)CCO.O. The number of Topliss-reactive ketones (excluding diaryl/α,β-unsaturated/α-hetero) is 1. The van der Waals surface area contributed by atoms with Gasteiger partial charge in [-0.2, -0.15) is 0 Å². The summed E-state index contributed by atoms with van der Waals surface area (Å²) in [6.45, 7) is 11.3. The van der Waals surface area contributed by atoms with Crippen molar-refractivity contribution in [1.82, 2.24) is 5.32 Å². The zero-order valence-electron chi connectivity index (χ0n) is 22.9. The minimum atomic E-state index is -1.31. The van der Waals surface area contributed by atoms with Gasteiger partial charge in [-0.1, -0.05) is 13.8 Å². The molecule has 0 aromatic rings. The number of nitrogens with one attached hydrogen (secondary N) is 1. The van der Waals surface area contributed by atoms with Gasteiger partial charge in [0.05, 0.1) is 91.5 Å². The molecule has 0 aromatic carbocycles. The Bertz CT molecular complexity index is 448. The maximum absolute atomic E-state index is 10.7. The van der Waals surface area contributed by atoms with Gasteiger partial charge in [0.2, 0.25) is 0 Å². The quantitative estimate of drug-likeness (QED) is 0.0734. The van der Waals surface area contributed by atoms with E-state index in [0.29, 0.717) is 92.2 Å². The second kappa shape index (κ2) is 33.2. The summed E-state index contributed by atoms with van der Waals surface area (Å²) >= 11 is 0. The van der Waals surface area contributed by atoms with E-state index in [2.05, 4.69) is 5.32 Å². The molecule has 0 saturated carbocycles. The fourth-order valence-corrected chi connectivity index (χ4v) is 2.49. The Morgan fingerprint density at radius 1 is 0.676 bits per heavy atom. The van der Waals surface area contributed by atoms with E-state index in [4.69, 9.17) is 33.5 Å². The van der Waals surface area contributed by atoms with Crippen LogP contribution in [0.3, 0.4) is 0 Å². The number of rotatable bonds is 27. The Balaban J connectivity index is -0.00000375. The Kier molecular flexibility index (Phi) is 36.5. The molecule has 0 bridgehead atoms. The Labute approximate surface area is 221 Å². The van der Waals surface area contributed by atoms with Crippen molar-refractivity contribution < 1.29 is 59.1 Å². The van der Waals surface area contributed by atoms with Crippen LogP contribution in [0.4, 0.5) is 0 Å². The van der Waals surface area contributed by atoms with E-state index in [0.717, 1.165) is 0 Å². The molecule has 3 atom stereocenters. The molecule has 0 aliphatic heterocycles. The van der Waals surface area contributed by atoms with Crippen molar-refractivity contribution in [2.24, 2.45) is 0 Å². The molecule has 0 aliphatic rings. The van der Waals surface area contributed by atoms with E-state index >= 15 is 0 Å². The van der Waals surface area contributed by atoms with E-state index in [1.54, 1.807) is 0 Å². The van der Waals surface area contributed by atoms with Gasteiger partial charge in [0.15, 0.2) is 0 Å². The summed E-state index contributed by atoms with van der Waals surface area (Å²) in [6, 6.07) is 0. The Morgan fingerprint density at radius 2 is 1.05 bits per heavy atom. The topological polar surface area (TPSA) is 197 Å². The summed E-state index contributed by atoms with van der Waals surface area (Å²) in [5.74, 6) is 0.115. The van der Waals surface area contributed by atoms with Gasteiger partial charge in [0, 0.05) is 26.1 Å². The number of ether oxygens (including phenoxy) is 6. The first-order valence-electron chi connectivity index (χ1n) is 12.8. The molecule has 0 saturated heterocycles. The van der Waals surface area contributed by atoms with E-state index in [1.807, 2.05) is 13.8 Å². The largest absolute Gasteiger partial charge is 0.412 e. The average Bonchev–Trinajstić information content (AvgIpc) is 2.87. The summed E-state index contributed by atoms with van der Waals surface area (Å²) < 4.78 is 32.1. The third kappa shape index (κ3) is 31.3. The van der Waals surface area contributed by atoms with Gasteiger partial charge in [-0.3, -0.25) is 4.79 Å². The number of aliphatic hydroxyl groups is 4. The van der Waals surface area contributed by atoms with Gasteiger partial charge in [0.1, 0.15) is 11.9 Å². The molecule has 0 radical (unpaired) electrons. The predicted molar refractivity (Wildman–Crippen MR) is 138 cm³/mol. The van der Waals surface area contributed by atoms with Crippen LogP contribution in [0, 0.1) is 0 Å². The molecule has 226 valence electrons. The van der Waals surface area contributed by atoms with E-state index < -0.39 is 18.3 Å². The first-order chi connectivity index (χ1) is 17.5. The zero-order chi connectivity index (χ0) is 27.3. The highest BCUT2D eigenvalue weighted by Crippen LogP contribution is 2.03. The van der Waals surface area contributed by atoms with Crippen molar-refractivity contribution in [2.45, 2.75) is 51.9 Å². The third-order valence-corrected chi connectivity index (χ3v) is 4.45. The fourth-order valence-electron chi connectivity index (χ4n) is 2.49. The van der Waals surface area contributed by atoms with Crippen molar-refractivity contribution in [2.75, 3.05) is 99.0 Å². The minimum absolute atomic E-state index is 0. The number of hydrogen-bond acceptors (Lipinski definition) is 12. The van der Waals surface area contributed by atoms with Crippen LogP contribution < -0.4 is 5.32 Å². The molecule has 7 N–H and O–H groups in total. The average molecular weight is 548 g/mol. The normalized spacial score (nSPS) is 13.3. The summed E-state index contributed by atoms with van der Waals surface area (Å²) in [5.41, 5.74) is 0. The number of carbonyl (C=O) groups is 1. The van der Waals surface area contributed by atoms with Gasteiger partial charge in [0.25, 0.3) is 0 Å². The van der Waals surface area contributed by atoms with Crippen molar-refractivity contribution in [3.05, 3.63) is 0 Å². The fraction of sp³-hybridized carbons (Fsp3) is 0.958. The molecular formula is C24H53NO12. The third-order valence-electron chi connectivity index (χ3n) is 4.45. The predicted octanol–water partition coefficient (Wildman–Crippen LogP) is -1.68. The second-order valence-electron chi connectivity index (χ2n) is 7.47. The Morgan fingerprint density at radius 3 is 1.43 bits per heavy atom. The number of carbonyl (C=O) groups excluding carboxylic acids is 1. The molecule has 13 heteroatoms. The van der Waals surface area contributed by atoms with Crippen LogP contribution in [0.25, 0.3) is 0 Å². The van der Waals surface area contributed by atoms with Crippen molar-refractivity contribution in [3.63, 3.8) is 0 Å². The minimum Gasteiger partial charge on any atom is -0.412 e. The second-order valence-corrected chi connectivity index (χ2v) is 7.47. The van der Waals surface area contributed by atoms with Gasteiger partial charge >= 0.3 is 0 Å². The summed E-state index contributed by atoms with van der Waals surface area (Å²) in [7, 11) is 0. The van der Waals surface area contributed by atoms with Crippen LogP contribution in [-0.4, -0.2) is 149 Å². The highest BCUT2D eigenvalue weighted by molar-refractivity contribution is 5.75. The molecule has 3 unspecified atom stereocenters. The molecule has 0 aliphatic carbocycles. The van der Waals surface area contributed by atoms with Crippen LogP contribution >= 0.6 is 0 Å². The van der Waals surface area contributed by atoms with Gasteiger partial charge < -0.3 is 59.6 Å². The van der Waals surface area contributed by atoms with Crippen molar-refractivity contribution in [1.29, 1.82) is 0 Å². The first kappa shape index (κ1) is 40.7. The van der Waals surface area contributed by atoms with E-state index in [1.165, 1.54) is 6.92 Å². The molecule has 0 spiro atoms. The lowest BCUT2D eigenvalue weighted by Gasteiger charge is -2.22. The maximum Gasteiger partial charge on any atom is 0.132 e. The lowest BCUT2D eigenvalue weighted by Crippen LogP contribution is -2.44. The molecular weight excluding hydrogens is 494 g/mol. The zero-order valence-corrected chi connectivity index (χ0v) is 22.9. The number of aliphatic hydroxyl groups excluding tert-OH is 4. The molecule has 0 fully saturated rings. The smallest absolute Gasteiger partial charge is 0.132 e. The molecule has 0 rings (SSSR count). The maximum atomic E-state index is 10.7. The molecule has 0 heterocycles. The van der Waals surface area contributed by atoms with Crippen LogP contribution in [-0.2, 0) is 33.2 Å². The lowest BCUT2D eigenvalue weighted by molar-refractivity contribution is -0.118. The standard InChI is InChI=1S/C22H45NO11.C2H6.H2O/c1-19(25)3-6-29-8-10-31-12-14-33-16-17-34-15-13-32-11-9-30-7-4-23-18-21(27)22(28)20(26)2-5-24;1-2;/h20-24,26-28H,2-18H2,1H3;1-2H3;1H2. The highest BCUT2D eigenvalue weighted by Gasteiger charge is 2.23.